The minimum Gasteiger partial charge on any atom is -0.454 e. The molecule has 0 aromatic carbocycles. The van der Waals surface area contributed by atoms with Crippen LogP contribution in [0.3, 0.4) is 0 Å². The maximum Gasteiger partial charge on any atom is 0.287 e. The Kier molecular flexibility index (Phi) is 8.51. The summed E-state index contributed by atoms with van der Waals surface area (Å²) in [6.07, 6.45) is 2.82. The Morgan fingerprint density at radius 3 is 2.66 bits per heavy atom. The molecule has 0 saturated heterocycles. The molecule has 0 aliphatic rings. The van der Waals surface area contributed by atoms with Gasteiger partial charge in [0.15, 0.2) is 5.76 Å². The number of methoxy groups -OCH3 is 1. The third kappa shape index (κ3) is 6.49. The van der Waals surface area contributed by atoms with Crippen LogP contribution in [0.1, 0.15) is 56.1 Å². The molecule has 2 rings (SSSR count). The van der Waals surface area contributed by atoms with Crippen LogP contribution in [0.4, 0.5) is 0 Å². The Morgan fingerprint density at radius 1 is 1.24 bits per heavy atom. The van der Waals surface area contributed by atoms with Crippen LogP contribution < -0.4 is 5.32 Å². The van der Waals surface area contributed by atoms with E-state index in [1.54, 1.807) is 11.0 Å². The molecule has 7 nitrogen and oxygen atoms in total. The number of carbonyl (C=O) groups excluding carboxylic acids is 2. The van der Waals surface area contributed by atoms with Gasteiger partial charge >= 0.3 is 0 Å². The maximum absolute atomic E-state index is 12.3. The lowest BCUT2D eigenvalue weighted by atomic mass is 10.1. The number of nitrogens with one attached hydrogen (secondary N) is 1. The SMILES string of the molecule is CCCN(Cc1cccn1Cc1ccc(C(=O)N[C@@H](C)C(C)C)o1)C(=O)COC. The lowest BCUT2D eigenvalue weighted by Gasteiger charge is -2.22. The number of rotatable bonds is 11. The summed E-state index contributed by atoms with van der Waals surface area (Å²) < 4.78 is 12.8. The molecule has 2 aromatic heterocycles. The second-order valence-electron chi connectivity index (χ2n) is 7.65. The lowest BCUT2D eigenvalue weighted by Crippen LogP contribution is -2.35. The highest BCUT2D eigenvalue weighted by atomic mass is 16.5. The number of hydrogen-bond acceptors (Lipinski definition) is 4. The van der Waals surface area contributed by atoms with Crippen molar-refractivity contribution in [2.24, 2.45) is 5.92 Å². The van der Waals surface area contributed by atoms with Gasteiger partial charge in [0.1, 0.15) is 12.4 Å². The molecule has 7 heteroatoms. The number of furan rings is 1. The smallest absolute Gasteiger partial charge is 0.287 e. The van der Waals surface area contributed by atoms with Crippen LogP contribution in [0.25, 0.3) is 0 Å². The van der Waals surface area contributed by atoms with Crippen LogP contribution >= 0.6 is 0 Å². The van der Waals surface area contributed by atoms with E-state index < -0.39 is 0 Å². The molecule has 0 unspecified atom stereocenters. The predicted octanol–water partition coefficient (Wildman–Crippen LogP) is 3.29. The zero-order chi connectivity index (χ0) is 21.4. The van der Waals surface area contributed by atoms with Crippen LogP contribution in [0.15, 0.2) is 34.9 Å². The highest BCUT2D eigenvalue weighted by Crippen LogP contribution is 2.14. The van der Waals surface area contributed by atoms with Crippen LogP contribution in [-0.4, -0.2) is 47.6 Å². The molecule has 29 heavy (non-hydrogen) atoms. The van der Waals surface area contributed by atoms with Crippen molar-refractivity contribution in [2.75, 3.05) is 20.3 Å². The molecule has 0 spiro atoms. The second kappa shape index (κ2) is 10.9. The van der Waals surface area contributed by atoms with Crippen molar-refractivity contribution >= 4 is 11.8 Å². The zero-order valence-electron chi connectivity index (χ0n) is 18.1. The highest BCUT2D eigenvalue weighted by molar-refractivity contribution is 5.91. The summed E-state index contributed by atoms with van der Waals surface area (Å²) >= 11 is 0. The molecule has 0 saturated carbocycles. The van der Waals surface area contributed by atoms with Crippen molar-refractivity contribution in [1.82, 2.24) is 14.8 Å². The van der Waals surface area contributed by atoms with Crippen molar-refractivity contribution in [1.29, 1.82) is 0 Å². The van der Waals surface area contributed by atoms with E-state index in [2.05, 4.69) is 19.2 Å². The van der Waals surface area contributed by atoms with Gasteiger partial charge < -0.3 is 23.9 Å². The molecule has 2 aromatic rings. The van der Waals surface area contributed by atoms with Crippen molar-refractivity contribution in [3.63, 3.8) is 0 Å². The summed E-state index contributed by atoms with van der Waals surface area (Å²) in [5, 5.41) is 2.95. The van der Waals surface area contributed by atoms with Crippen LogP contribution in [0.2, 0.25) is 0 Å². The third-order valence-corrected chi connectivity index (χ3v) is 4.96. The topological polar surface area (TPSA) is 76.7 Å². The number of amides is 2. The average Bonchev–Trinajstić information content (AvgIpc) is 3.31. The molecular formula is C22H33N3O4. The van der Waals surface area contributed by atoms with E-state index in [1.807, 2.05) is 42.8 Å². The number of aromatic nitrogens is 1. The third-order valence-electron chi connectivity index (χ3n) is 4.96. The molecule has 2 amide bonds. The van der Waals surface area contributed by atoms with Crippen molar-refractivity contribution in [3.05, 3.63) is 47.7 Å². The lowest BCUT2D eigenvalue weighted by molar-refractivity contribution is -0.135. The van der Waals surface area contributed by atoms with Gasteiger partial charge in [0.05, 0.1) is 13.1 Å². The molecule has 0 aliphatic carbocycles. The van der Waals surface area contributed by atoms with E-state index in [1.165, 1.54) is 7.11 Å². The minimum absolute atomic E-state index is 0.0293. The van der Waals surface area contributed by atoms with E-state index in [4.69, 9.17) is 9.15 Å². The van der Waals surface area contributed by atoms with E-state index in [-0.39, 0.29) is 24.5 Å². The molecule has 0 fully saturated rings. The molecule has 2 heterocycles. The number of hydrogen-bond donors (Lipinski definition) is 1. The van der Waals surface area contributed by atoms with Gasteiger partial charge in [0.25, 0.3) is 5.91 Å². The summed E-state index contributed by atoms with van der Waals surface area (Å²) in [5.74, 6) is 1.12. The van der Waals surface area contributed by atoms with Gasteiger partial charge in [-0.1, -0.05) is 20.8 Å². The Balaban J connectivity index is 2.05. The van der Waals surface area contributed by atoms with Crippen LogP contribution in [0.5, 0.6) is 0 Å². The summed E-state index contributed by atoms with van der Waals surface area (Å²) in [4.78, 5) is 26.4. The second-order valence-corrected chi connectivity index (χ2v) is 7.65. The van der Waals surface area contributed by atoms with Gasteiger partial charge in [0, 0.05) is 31.6 Å². The molecule has 0 aliphatic heterocycles. The Bertz CT molecular complexity index is 794. The molecule has 0 radical (unpaired) electrons. The first kappa shape index (κ1) is 22.7. The largest absolute Gasteiger partial charge is 0.454 e. The van der Waals surface area contributed by atoms with Crippen LogP contribution in [0, 0.1) is 5.92 Å². The normalized spacial score (nSPS) is 12.2. The van der Waals surface area contributed by atoms with Crippen LogP contribution in [-0.2, 0) is 22.6 Å². The molecule has 160 valence electrons. The molecule has 0 bridgehead atoms. The minimum atomic E-state index is -0.204. The number of ether oxygens (including phenoxy) is 1. The predicted molar refractivity (Wildman–Crippen MR) is 112 cm³/mol. The highest BCUT2D eigenvalue weighted by Gasteiger charge is 2.17. The van der Waals surface area contributed by atoms with Gasteiger partial charge in [-0.05, 0) is 43.5 Å². The van der Waals surface area contributed by atoms with Crippen molar-refractivity contribution < 1.29 is 18.7 Å². The fourth-order valence-electron chi connectivity index (χ4n) is 2.92. The molecular weight excluding hydrogens is 370 g/mol. The quantitative estimate of drug-likeness (QED) is 0.625. The van der Waals surface area contributed by atoms with Gasteiger partial charge in [-0.15, -0.1) is 0 Å². The fourth-order valence-corrected chi connectivity index (χ4v) is 2.92. The van der Waals surface area contributed by atoms with Gasteiger partial charge in [-0.3, -0.25) is 9.59 Å². The summed E-state index contributed by atoms with van der Waals surface area (Å²) in [6, 6.07) is 7.52. The van der Waals surface area contributed by atoms with E-state index in [9.17, 15) is 9.59 Å². The molecule has 1 atom stereocenters. The van der Waals surface area contributed by atoms with E-state index in [0.29, 0.717) is 37.1 Å². The first-order valence-electron chi connectivity index (χ1n) is 10.2. The first-order chi connectivity index (χ1) is 13.8. The Hall–Kier alpha value is -2.54. The van der Waals surface area contributed by atoms with Crippen molar-refractivity contribution in [3.8, 4) is 0 Å². The zero-order valence-corrected chi connectivity index (χ0v) is 18.1. The monoisotopic (exact) mass is 403 g/mol. The van der Waals surface area contributed by atoms with Gasteiger partial charge in [-0.2, -0.15) is 0 Å². The Morgan fingerprint density at radius 2 is 2.00 bits per heavy atom. The summed E-state index contributed by atoms with van der Waals surface area (Å²) in [6.45, 7) is 9.89. The summed E-state index contributed by atoms with van der Waals surface area (Å²) in [5.41, 5.74) is 0.999. The maximum atomic E-state index is 12.3. The van der Waals surface area contributed by atoms with Crippen molar-refractivity contribution in [2.45, 2.75) is 53.2 Å². The average molecular weight is 404 g/mol. The van der Waals surface area contributed by atoms with E-state index in [0.717, 1.165) is 12.1 Å². The van der Waals surface area contributed by atoms with Gasteiger partial charge in [0.2, 0.25) is 5.91 Å². The fraction of sp³-hybridized carbons (Fsp3) is 0.545. The number of carbonyl (C=O) groups is 2. The number of nitrogens with zero attached hydrogens (tertiary/aromatic N) is 2. The molecule has 1 N–H and O–H groups in total. The first-order valence-corrected chi connectivity index (χ1v) is 10.2. The summed E-state index contributed by atoms with van der Waals surface area (Å²) in [7, 11) is 1.53. The van der Waals surface area contributed by atoms with Gasteiger partial charge in [-0.25, -0.2) is 0 Å². The van der Waals surface area contributed by atoms with E-state index >= 15 is 0 Å². The Labute approximate surface area is 173 Å². The standard InChI is InChI=1S/C22H33N3O4/c1-6-11-25(21(26)15-28-5)13-18-8-7-12-24(18)14-19-9-10-20(29-19)22(27)23-17(4)16(2)3/h7-10,12,16-17H,6,11,13-15H2,1-5H3,(H,23,27)/t17-/m0/s1.